The zero-order chi connectivity index (χ0) is 17.1. The number of rotatable bonds is 5. The second-order valence-corrected chi connectivity index (χ2v) is 7.33. The van der Waals surface area contributed by atoms with Crippen LogP contribution in [-0.4, -0.2) is 21.4 Å². The van der Waals surface area contributed by atoms with Crippen LogP contribution < -0.4 is 5.32 Å². The summed E-state index contributed by atoms with van der Waals surface area (Å²) in [6.07, 6.45) is 3.88. The molecule has 0 aliphatic rings. The van der Waals surface area contributed by atoms with E-state index in [-0.39, 0.29) is 5.91 Å². The molecule has 0 fully saturated rings. The molecule has 0 saturated carbocycles. The zero-order valence-electron chi connectivity index (χ0n) is 13.8. The molecule has 3 rings (SSSR count). The lowest BCUT2D eigenvalue weighted by Gasteiger charge is -2.12. The summed E-state index contributed by atoms with van der Waals surface area (Å²) < 4.78 is 11.5. The number of fused-ring (bicyclic) bond motifs is 1. The summed E-state index contributed by atoms with van der Waals surface area (Å²) in [7, 11) is -0.906. The second kappa shape index (κ2) is 7.01. The predicted molar refractivity (Wildman–Crippen MR) is 99.6 cm³/mol. The fourth-order valence-electron chi connectivity index (χ4n) is 2.84. The molecule has 0 radical (unpaired) electrons. The number of hydrogen-bond acceptors (Lipinski definition) is 2. The summed E-state index contributed by atoms with van der Waals surface area (Å²) in [6, 6.07) is 13.7. The van der Waals surface area contributed by atoms with E-state index in [0.717, 1.165) is 33.3 Å². The molecule has 2 aromatic carbocycles. The molecule has 0 bridgehead atoms. The van der Waals surface area contributed by atoms with Gasteiger partial charge in [0.25, 0.3) is 0 Å². The molecule has 2 N–H and O–H groups in total. The Hall–Kier alpha value is -2.40. The van der Waals surface area contributed by atoms with Gasteiger partial charge in [0, 0.05) is 45.6 Å². The lowest BCUT2D eigenvalue weighted by molar-refractivity contribution is -0.115. The normalized spacial score (nSPS) is 12.2. The molecule has 0 saturated heterocycles. The molecule has 4 nitrogen and oxygen atoms in total. The van der Waals surface area contributed by atoms with E-state index >= 15 is 0 Å². The fraction of sp³-hybridized carbons (Fsp3) is 0.211. The average Bonchev–Trinajstić information content (AvgIpc) is 2.94. The molecular weight excluding hydrogens is 320 g/mol. The summed E-state index contributed by atoms with van der Waals surface area (Å²) in [5.74, 6) is 0.440. The van der Waals surface area contributed by atoms with Crippen molar-refractivity contribution in [1.82, 2.24) is 4.98 Å². The molecule has 24 heavy (non-hydrogen) atoms. The van der Waals surface area contributed by atoms with Crippen LogP contribution in [0.5, 0.6) is 0 Å². The van der Waals surface area contributed by atoms with Gasteiger partial charge in [-0.15, -0.1) is 0 Å². The molecule has 124 valence electrons. The Morgan fingerprint density at radius 1 is 1.12 bits per heavy atom. The van der Waals surface area contributed by atoms with Gasteiger partial charge in [0.1, 0.15) is 0 Å². The summed E-state index contributed by atoms with van der Waals surface area (Å²) >= 11 is 0. The maximum absolute atomic E-state index is 12.4. The Kier molecular flexibility index (Phi) is 4.81. The molecule has 3 aromatic rings. The van der Waals surface area contributed by atoms with E-state index < -0.39 is 10.8 Å². The number of aromatic nitrogens is 1. The highest BCUT2D eigenvalue weighted by Crippen LogP contribution is 2.22. The quantitative estimate of drug-likeness (QED) is 0.746. The highest BCUT2D eigenvalue weighted by molar-refractivity contribution is 7.83. The summed E-state index contributed by atoms with van der Waals surface area (Å²) in [5.41, 5.74) is 4.76. The molecule has 1 atom stereocenters. The number of carbonyl (C=O) groups excluding carboxylic acids is 1. The molecule has 5 heteroatoms. The van der Waals surface area contributed by atoms with E-state index in [1.807, 2.05) is 55.6 Å². The number of para-hydroxylation sites is 1. The molecule has 0 aliphatic carbocycles. The topological polar surface area (TPSA) is 62.0 Å². The van der Waals surface area contributed by atoms with E-state index in [0.29, 0.717) is 12.2 Å². The van der Waals surface area contributed by atoms with E-state index in [9.17, 15) is 9.00 Å². The minimum Gasteiger partial charge on any atom is -0.361 e. The van der Waals surface area contributed by atoms with Gasteiger partial charge in [-0.05, 0) is 35.7 Å². The van der Waals surface area contributed by atoms with E-state index in [2.05, 4.69) is 10.3 Å². The Morgan fingerprint density at radius 3 is 2.71 bits per heavy atom. The van der Waals surface area contributed by atoms with Crippen LogP contribution in [-0.2, 0) is 27.8 Å². The van der Waals surface area contributed by atoms with Gasteiger partial charge in [-0.2, -0.15) is 0 Å². The number of benzene rings is 2. The third-order valence-electron chi connectivity index (χ3n) is 4.10. The number of amides is 1. The second-order valence-electron chi connectivity index (χ2n) is 5.89. The van der Waals surface area contributed by atoms with Gasteiger partial charge in [-0.25, -0.2) is 0 Å². The van der Waals surface area contributed by atoms with Crippen molar-refractivity contribution in [3.05, 3.63) is 65.4 Å². The lowest BCUT2D eigenvalue weighted by atomic mass is 10.1. The third-order valence-corrected chi connectivity index (χ3v) is 4.82. The maximum atomic E-state index is 12.4. The van der Waals surface area contributed by atoms with Gasteiger partial charge in [0.2, 0.25) is 5.91 Å². The van der Waals surface area contributed by atoms with Gasteiger partial charge >= 0.3 is 0 Å². The number of carbonyl (C=O) groups is 1. The molecular formula is C19H20N2O2S. The van der Waals surface area contributed by atoms with Crippen LogP contribution in [0, 0.1) is 6.92 Å². The number of aromatic amines is 1. The third kappa shape index (κ3) is 3.57. The van der Waals surface area contributed by atoms with E-state index in [1.165, 1.54) is 0 Å². The Balaban J connectivity index is 1.77. The molecule has 1 unspecified atom stereocenters. The first-order valence-electron chi connectivity index (χ1n) is 7.78. The first-order valence-corrected chi connectivity index (χ1v) is 9.50. The summed E-state index contributed by atoms with van der Waals surface area (Å²) in [4.78, 5) is 15.6. The van der Waals surface area contributed by atoms with Crippen LogP contribution in [0.15, 0.2) is 48.7 Å². The molecule has 1 heterocycles. The minimum atomic E-state index is -0.906. The van der Waals surface area contributed by atoms with Crippen molar-refractivity contribution in [3.8, 4) is 0 Å². The lowest BCUT2D eigenvalue weighted by Crippen LogP contribution is -2.15. The molecule has 0 spiro atoms. The average molecular weight is 340 g/mol. The largest absolute Gasteiger partial charge is 0.361 e. The van der Waals surface area contributed by atoms with Crippen molar-refractivity contribution in [1.29, 1.82) is 0 Å². The molecule has 0 aliphatic heterocycles. The van der Waals surface area contributed by atoms with Crippen LogP contribution in [0.2, 0.25) is 0 Å². The minimum absolute atomic E-state index is 0.0578. The van der Waals surface area contributed by atoms with Crippen LogP contribution in [0.1, 0.15) is 16.7 Å². The van der Waals surface area contributed by atoms with Crippen molar-refractivity contribution >= 4 is 33.3 Å². The molecule has 1 aromatic heterocycles. The van der Waals surface area contributed by atoms with Crippen LogP contribution in [0.25, 0.3) is 10.9 Å². The SMILES string of the molecule is Cc1c(CS(C)=O)cccc1NC(=O)Cc1c[nH]c2ccccc12. The fourth-order valence-corrected chi connectivity index (χ4v) is 3.59. The van der Waals surface area contributed by atoms with Crippen molar-refractivity contribution in [3.63, 3.8) is 0 Å². The number of hydrogen-bond donors (Lipinski definition) is 2. The van der Waals surface area contributed by atoms with Gasteiger partial charge in [0.05, 0.1) is 6.42 Å². The Labute approximate surface area is 143 Å². The summed E-state index contributed by atoms with van der Waals surface area (Å²) in [5, 5.41) is 4.04. The predicted octanol–water partition coefficient (Wildman–Crippen LogP) is 3.54. The van der Waals surface area contributed by atoms with Gasteiger partial charge < -0.3 is 10.3 Å². The van der Waals surface area contributed by atoms with Gasteiger partial charge in [0.15, 0.2) is 0 Å². The van der Waals surface area contributed by atoms with Crippen LogP contribution in [0.3, 0.4) is 0 Å². The number of anilines is 1. The highest BCUT2D eigenvalue weighted by atomic mass is 32.2. The highest BCUT2D eigenvalue weighted by Gasteiger charge is 2.11. The van der Waals surface area contributed by atoms with E-state index in [1.54, 1.807) is 6.26 Å². The Bertz CT molecular complexity index is 915. The maximum Gasteiger partial charge on any atom is 0.228 e. The molecule has 1 amide bonds. The smallest absolute Gasteiger partial charge is 0.228 e. The van der Waals surface area contributed by atoms with Gasteiger partial charge in [-0.1, -0.05) is 30.3 Å². The van der Waals surface area contributed by atoms with Crippen molar-refractivity contribution in [2.45, 2.75) is 19.1 Å². The first kappa shape index (κ1) is 16.5. The van der Waals surface area contributed by atoms with E-state index in [4.69, 9.17) is 0 Å². The van der Waals surface area contributed by atoms with Crippen molar-refractivity contribution in [2.24, 2.45) is 0 Å². The van der Waals surface area contributed by atoms with Crippen LogP contribution in [0.4, 0.5) is 5.69 Å². The summed E-state index contributed by atoms with van der Waals surface area (Å²) in [6.45, 7) is 1.95. The van der Waals surface area contributed by atoms with Crippen molar-refractivity contribution < 1.29 is 9.00 Å². The zero-order valence-corrected chi connectivity index (χ0v) is 14.6. The first-order chi connectivity index (χ1) is 11.5. The van der Waals surface area contributed by atoms with Crippen LogP contribution >= 0.6 is 0 Å². The number of H-pyrrole nitrogens is 1. The number of nitrogens with one attached hydrogen (secondary N) is 2. The standard InChI is InChI=1S/C19H20N2O2S/c1-13-14(12-24(2)23)6-5-9-17(13)21-19(22)10-15-11-20-18-8-4-3-7-16(15)18/h3-9,11,20H,10,12H2,1-2H3,(H,21,22). The van der Waals surface area contributed by atoms with Crippen molar-refractivity contribution in [2.75, 3.05) is 11.6 Å². The van der Waals surface area contributed by atoms with Gasteiger partial charge in [-0.3, -0.25) is 9.00 Å². The Morgan fingerprint density at radius 2 is 1.92 bits per heavy atom. The monoisotopic (exact) mass is 340 g/mol.